The monoisotopic (exact) mass is 245 g/mol. The lowest BCUT2D eigenvalue weighted by Crippen LogP contribution is -2.10. The highest BCUT2D eigenvalue weighted by Crippen LogP contribution is 2.24. The van der Waals surface area contributed by atoms with Crippen molar-refractivity contribution in [1.29, 1.82) is 0 Å². The van der Waals surface area contributed by atoms with E-state index in [1.165, 1.54) is 0 Å². The molecule has 2 aromatic carbocycles. The molecule has 1 atom stereocenters. The van der Waals surface area contributed by atoms with Crippen molar-refractivity contribution in [3.8, 4) is 11.5 Å². The standard InChI is InChI=1S/C15H16FNO/c16-10-9-15(17)12-5-4-8-14(11-12)18-13-6-2-1-3-7-13/h1-8,11,15H,9-10,17H2/t15-/m0/s1. The second-order valence-corrected chi connectivity index (χ2v) is 4.07. The van der Waals surface area contributed by atoms with Crippen molar-refractivity contribution < 1.29 is 9.13 Å². The number of benzene rings is 2. The van der Waals surface area contributed by atoms with Gasteiger partial charge in [-0.25, -0.2) is 0 Å². The molecule has 2 N–H and O–H groups in total. The van der Waals surface area contributed by atoms with Gasteiger partial charge in [0.15, 0.2) is 0 Å². The van der Waals surface area contributed by atoms with E-state index < -0.39 is 6.67 Å². The van der Waals surface area contributed by atoms with E-state index in [1.54, 1.807) is 0 Å². The van der Waals surface area contributed by atoms with Gasteiger partial charge in [0.25, 0.3) is 0 Å². The quantitative estimate of drug-likeness (QED) is 0.868. The van der Waals surface area contributed by atoms with Crippen LogP contribution in [0.4, 0.5) is 4.39 Å². The first-order chi connectivity index (χ1) is 8.79. The predicted octanol–water partition coefficient (Wildman–Crippen LogP) is 3.84. The molecule has 2 aromatic rings. The smallest absolute Gasteiger partial charge is 0.127 e. The fourth-order valence-corrected chi connectivity index (χ4v) is 1.72. The summed E-state index contributed by atoms with van der Waals surface area (Å²) in [5.74, 6) is 1.49. The number of rotatable bonds is 5. The minimum atomic E-state index is -0.412. The van der Waals surface area contributed by atoms with Crippen LogP contribution in [0, 0.1) is 0 Å². The van der Waals surface area contributed by atoms with Gasteiger partial charge in [-0.05, 0) is 36.2 Å². The van der Waals surface area contributed by atoms with Crippen molar-refractivity contribution in [3.63, 3.8) is 0 Å². The summed E-state index contributed by atoms with van der Waals surface area (Å²) in [7, 11) is 0. The molecule has 2 rings (SSSR count). The number of nitrogens with two attached hydrogens (primary N) is 1. The number of para-hydroxylation sites is 1. The van der Waals surface area contributed by atoms with Crippen molar-refractivity contribution in [2.45, 2.75) is 12.5 Å². The molecule has 0 saturated carbocycles. The average Bonchev–Trinajstić information content (AvgIpc) is 2.40. The Labute approximate surface area is 106 Å². The molecular formula is C15H16FNO. The molecule has 0 fully saturated rings. The van der Waals surface area contributed by atoms with Crippen LogP contribution >= 0.6 is 0 Å². The van der Waals surface area contributed by atoms with Crippen molar-refractivity contribution in [3.05, 3.63) is 60.2 Å². The summed E-state index contributed by atoms with van der Waals surface area (Å²) in [5, 5.41) is 0. The Bertz CT molecular complexity index is 487. The zero-order valence-electron chi connectivity index (χ0n) is 10.1. The zero-order chi connectivity index (χ0) is 12.8. The van der Waals surface area contributed by atoms with Gasteiger partial charge in [0.05, 0.1) is 6.67 Å². The maximum atomic E-state index is 12.3. The Kier molecular flexibility index (Phi) is 4.31. The van der Waals surface area contributed by atoms with Crippen LogP contribution < -0.4 is 10.5 Å². The third-order valence-corrected chi connectivity index (χ3v) is 2.69. The van der Waals surface area contributed by atoms with E-state index >= 15 is 0 Å². The SMILES string of the molecule is N[C@@H](CCF)c1cccc(Oc2ccccc2)c1. The Morgan fingerprint density at radius 3 is 2.44 bits per heavy atom. The molecule has 2 nitrogen and oxygen atoms in total. The van der Waals surface area contributed by atoms with Crippen LogP contribution in [0.3, 0.4) is 0 Å². The highest BCUT2D eigenvalue weighted by molar-refractivity contribution is 5.34. The summed E-state index contributed by atoms with van der Waals surface area (Å²) >= 11 is 0. The summed E-state index contributed by atoms with van der Waals surface area (Å²) in [6.07, 6.45) is 0.328. The maximum Gasteiger partial charge on any atom is 0.127 e. The van der Waals surface area contributed by atoms with Crippen LogP contribution in [0.15, 0.2) is 54.6 Å². The first kappa shape index (κ1) is 12.6. The van der Waals surface area contributed by atoms with Crippen LogP contribution in [0.25, 0.3) is 0 Å². The molecule has 0 aliphatic rings. The van der Waals surface area contributed by atoms with Crippen molar-refractivity contribution >= 4 is 0 Å². The van der Waals surface area contributed by atoms with Gasteiger partial charge in [0.2, 0.25) is 0 Å². The van der Waals surface area contributed by atoms with Crippen LogP contribution in [0.2, 0.25) is 0 Å². The van der Waals surface area contributed by atoms with Gasteiger partial charge in [-0.3, -0.25) is 4.39 Å². The van der Waals surface area contributed by atoms with Gasteiger partial charge in [-0.15, -0.1) is 0 Å². The van der Waals surface area contributed by atoms with Crippen LogP contribution in [0.1, 0.15) is 18.0 Å². The predicted molar refractivity (Wildman–Crippen MR) is 70.5 cm³/mol. The van der Waals surface area contributed by atoms with Crippen LogP contribution in [-0.2, 0) is 0 Å². The number of halogens is 1. The second-order valence-electron chi connectivity index (χ2n) is 4.07. The molecule has 0 aliphatic carbocycles. The van der Waals surface area contributed by atoms with Gasteiger partial charge in [-0.2, -0.15) is 0 Å². The summed E-state index contributed by atoms with van der Waals surface area (Å²) in [6.45, 7) is -0.412. The van der Waals surface area contributed by atoms with E-state index in [0.717, 1.165) is 11.3 Å². The van der Waals surface area contributed by atoms with Gasteiger partial charge in [0.1, 0.15) is 11.5 Å². The van der Waals surface area contributed by atoms with Gasteiger partial charge in [-0.1, -0.05) is 30.3 Å². The van der Waals surface area contributed by atoms with Gasteiger partial charge < -0.3 is 10.5 Å². The molecule has 0 bridgehead atoms. The number of hydrogen-bond acceptors (Lipinski definition) is 2. The fourth-order valence-electron chi connectivity index (χ4n) is 1.72. The lowest BCUT2D eigenvalue weighted by Gasteiger charge is -2.12. The molecule has 0 saturated heterocycles. The van der Waals surface area contributed by atoms with E-state index in [9.17, 15) is 4.39 Å². The third-order valence-electron chi connectivity index (χ3n) is 2.69. The van der Waals surface area contributed by atoms with Crippen LogP contribution in [0.5, 0.6) is 11.5 Å². The largest absolute Gasteiger partial charge is 0.457 e. The molecule has 0 amide bonds. The van der Waals surface area contributed by atoms with Gasteiger partial charge in [0, 0.05) is 6.04 Å². The first-order valence-corrected chi connectivity index (χ1v) is 5.94. The molecule has 0 aromatic heterocycles. The molecular weight excluding hydrogens is 229 g/mol. The maximum absolute atomic E-state index is 12.3. The lowest BCUT2D eigenvalue weighted by atomic mass is 10.1. The molecule has 0 spiro atoms. The topological polar surface area (TPSA) is 35.2 Å². The molecule has 3 heteroatoms. The van der Waals surface area contributed by atoms with E-state index in [0.29, 0.717) is 12.2 Å². The summed E-state index contributed by atoms with van der Waals surface area (Å²) in [6, 6.07) is 16.7. The van der Waals surface area contributed by atoms with Crippen molar-refractivity contribution in [2.75, 3.05) is 6.67 Å². The van der Waals surface area contributed by atoms with E-state index in [2.05, 4.69) is 0 Å². The minimum absolute atomic E-state index is 0.283. The van der Waals surface area contributed by atoms with Crippen molar-refractivity contribution in [2.24, 2.45) is 5.73 Å². The summed E-state index contributed by atoms with van der Waals surface area (Å²) < 4.78 is 18.0. The zero-order valence-corrected chi connectivity index (χ0v) is 10.1. The highest BCUT2D eigenvalue weighted by Gasteiger charge is 2.06. The van der Waals surface area contributed by atoms with Gasteiger partial charge >= 0.3 is 0 Å². The van der Waals surface area contributed by atoms with E-state index in [1.807, 2.05) is 54.6 Å². The van der Waals surface area contributed by atoms with Crippen LogP contribution in [-0.4, -0.2) is 6.67 Å². The normalized spacial score (nSPS) is 12.1. The summed E-state index contributed by atoms with van der Waals surface area (Å²) in [5.41, 5.74) is 6.76. The number of ether oxygens (including phenoxy) is 1. The van der Waals surface area contributed by atoms with Crippen molar-refractivity contribution in [1.82, 2.24) is 0 Å². The molecule has 0 radical (unpaired) electrons. The Hall–Kier alpha value is -1.87. The number of hydrogen-bond donors (Lipinski definition) is 1. The molecule has 0 unspecified atom stereocenters. The molecule has 0 heterocycles. The molecule has 18 heavy (non-hydrogen) atoms. The highest BCUT2D eigenvalue weighted by atomic mass is 19.1. The Morgan fingerprint density at radius 1 is 1.00 bits per heavy atom. The third kappa shape index (κ3) is 3.31. The first-order valence-electron chi connectivity index (χ1n) is 5.94. The van der Waals surface area contributed by atoms with E-state index in [4.69, 9.17) is 10.5 Å². The molecule has 0 aliphatic heterocycles. The fraction of sp³-hybridized carbons (Fsp3) is 0.200. The number of alkyl halides is 1. The van der Waals surface area contributed by atoms with E-state index in [-0.39, 0.29) is 6.04 Å². The Balaban J connectivity index is 2.12. The second kappa shape index (κ2) is 6.17. The Morgan fingerprint density at radius 2 is 1.72 bits per heavy atom. The lowest BCUT2D eigenvalue weighted by molar-refractivity contribution is 0.440. The molecule has 94 valence electrons. The average molecular weight is 245 g/mol. The minimum Gasteiger partial charge on any atom is -0.457 e. The summed E-state index contributed by atoms with van der Waals surface area (Å²) in [4.78, 5) is 0.